The van der Waals surface area contributed by atoms with Crippen molar-refractivity contribution in [3.05, 3.63) is 11.8 Å². The minimum Gasteiger partial charge on any atom is -0.474 e. The Kier molecular flexibility index (Phi) is 5.51. The molecule has 6 aliphatic rings. The highest BCUT2D eigenvalue weighted by molar-refractivity contribution is 7.91. The van der Waals surface area contributed by atoms with E-state index < -0.39 is 15.4 Å². The lowest BCUT2D eigenvalue weighted by molar-refractivity contribution is -0.136. The summed E-state index contributed by atoms with van der Waals surface area (Å²) in [5, 5.41) is 17.3. The number of hydrogen-bond acceptors (Lipinski definition) is 8. The van der Waals surface area contributed by atoms with E-state index in [9.17, 15) is 18.3 Å². The van der Waals surface area contributed by atoms with Crippen LogP contribution >= 0.6 is 0 Å². The molecule has 1 aromatic heterocycles. The molecule has 0 spiro atoms. The SMILES string of the molecule is O=C(N[C@H]1C2CC3CC1C[C@@](O)(C3)C2)c1cnc(NC2CCS(=O)(=O)CC2)nc1OC1CCC1. The molecule has 5 saturated carbocycles. The molecule has 5 aliphatic carbocycles. The Balaban J connectivity index is 1.18. The first kappa shape index (κ1) is 22.5. The summed E-state index contributed by atoms with van der Waals surface area (Å²) in [6, 6.07) is 0.0569. The summed E-state index contributed by atoms with van der Waals surface area (Å²) < 4.78 is 29.5. The molecular weight excluding hydrogens is 456 g/mol. The molecule has 7 rings (SSSR count). The van der Waals surface area contributed by atoms with Gasteiger partial charge in [0.15, 0.2) is 0 Å². The predicted molar refractivity (Wildman–Crippen MR) is 125 cm³/mol. The van der Waals surface area contributed by atoms with Crippen molar-refractivity contribution < 1.29 is 23.1 Å². The van der Waals surface area contributed by atoms with Gasteiger partial charge in [0.1, 0.15) is 21.5 Å². The lowest BCUT2D eigenvalue weighted by Gasteiger charge is -2.58. The first-order valence-electron chi connectivity index (χ1n) is 12.8. The average Bonchev–Trinajstić information content (AvgIpc) is 2.74. The first-order valence-corrected chi connectivity index (χ1v) is 14.6. The van der Waals surface area contributed by atoms with Gasteiger partial charge in [-0.1, -0.05) is 0 Å². The Hall–Kier alpha value is -1.94. The second kappa shape index (κ2) is 8.33. The van der Waals surface area contributed by atoms with E-state index in [2.05, 4.69) is 20.6 Å². The number of amides is 1. The molecule has 0 radical (unpaired) electrons. The zero-order valence-electron chi connectivity index (χ0n) is 19.4. The molecule has 186 valence electrons. The Morgan fingerprint density at radius 2 is 1.79 bits per heavy atom. The van der Waals surface area contributed by atoms with Crippen molar-refractivity contribution in [1.82, 2.24) is 15.3 Å². The third-order valence-electron chi connectivity index (χ3n) is 8.76. The topological polar surface area (TPSA) is 131 Å². The molecule has 34 heavy (non-hydrogen) atoms. The summed E-state index contributed by atoms with van der Waals surface area (Å²) in [6.07, 6.45) is 10.2. The van der Waals surface area contributed by atoms with Gasteiger partial charge in [-0.15, -0.1) is 0 Å². The third kappa shape index (κ3) is 4.39. The van der Waals surface area contributed by atoms with Crippen molar-refractivity contribution in [3.8, 4) is 5.88 Å². The first-order chi connectivity index (χ1) is 16.3. The Bertz CT molecular complexity index is 1050. The van der Waals surface area contributed by atoms with Gasteiger partial charge in [-0.2, -0.15) is 4.98 Å². The second-order valence-electron chi connectivity index (χ2n) is 11.3. The van der Waals surface area contributed by atoms with Crippen LogP contribution in [0.1, 0.15) is 74.6 Å². The maximum atomic E-state index is 13.4. The Morgan fingerprint density at radius 1 is 1.09 bits per heavy atom. The highest BCUT2D eigenvalue weighted by Gasteiger charge is 2.55. The van der Waals surface area contributed by atoms with Crippen LogP contribution in [0.4, 0.5) is 5.95 Å². The van der Waals surface area contributed by atoms with Gasteiger partial charge in [-0.25, -0.2) is 13.4 Å². The van der Waals surface area contributed by atoms with Crippen LogP contribution in [0.2, 0.25) is 0 Å². The lowest BCUT2D eigenvalue weighted by Crippen LogP contribution is -2.61. The molecule has 0 aromatic carbocycles. The monoisotopic (exact) mass is 490 g/mol. The fraction of sp³-hybridized carbons (Fsp3) is 0.792. The highest BCUT2D eigenvalue weighted by atomic mass is 32.2. The van der Waals surface area contributed by atoms with E-state index in [1.807, 2.05) is 0 Å². The van der Waals surface area contributed by atoms with Gasteiger partial charge < -0.3 is 20.5 Å². The number of carbonyl (C=O) groups excluding carboxylic acids is 1. The van der Waals surface area contributed by atoms with Crippen LogP contribution in [-0.4, -0.2) is 64.7 Å². The van der Waals surface area contributed by atoms with Crippen molar-refractivity contribution in [1.29, 1.82) is 0 Å². The van der Waals surface area contributed by atoms with Crippen molar-refractivity contribution >= 4 is 21.7 Å². The number of sulfone groups is 1. The molecule has 4 bridgehead atoms. The maximum absolute atomic E-state index is 13.4. The molecule has 9 nitrogen and oxygen atoms in total. The van der Waals surface area contributed by atoms with Crippen LogP contribution in [0.15, 0.2) is 6.20 Å². The van der Waals surface area contributed by atoms with Gasteiger partial charge in [-0.3, -0.25) is 4.79 Å². The number of ether oxygens (including phenoxy) is 1. The van der Waals surface area contributed by atoms with E-state index >= 15 is 0 Å². The van der Waals surface area contributed by atoms with Crippen molar-refractivity contribution in [2.24, 2.45) is 17.8 Å². The molecule has 3 N–H and O–H groups in total. The van der Waals surface area contributed by atoms with Gasteiger partial charge in [0.2, 0.25) is 11.8 Å². The average molecular weight is 491 g/mol. The second-order valence-corrected chi connectivity index (χ2v) is 13.7. The van der Waals surface area contributed by atoms with E-state index in [4.69, 9.17) is 4.74 Å². The fourth-order valence-electron chi connectivity index (χ4n) is 6.99. The van der Waals surface area contributed by atoms with Crippen molar-refractivity contribution in [3.63, 3.8) is 0 Å². The van der Waals surface area contributed by atoms with Crippen LogP contribution < -0.4 is 15.4 Å². The number of nitrogens with zero attached hydrogens (tertiary/aromatic N) is 2. The Morgan fingerprint density at radius 3 is 2.41 bits per heavy atom. The third-order valence-corrected chi connectivity index (χ3v) is 10.5. The lowest BCUT2D eigenvalue weighted by atomic mass is 9.52. The zero-order chi connectivity index (χ0) is 23.5. The standard InChI is InChI=1S/C24H34N4O5S/c29-21(27-20-15-8-14-9-16(20)12-24(30,10-14)11-15)19-13-25-23(28-22(19)33-18-2-1-3-18)26-17-4-6-34(31,32)7-5-17/h13-18,20,30H,1-12H2,(H,27,29)(H,25,26,28)/t14?,15?,16?,20-,24+. The van der Waals surface area contributed by atoms with Crippen molar-refractivity contribution in [2.75, 3.05) is 16.8 Å². The number of hydrogen-bond donors (Lipinski definition) is 3. The summed E-state index contributed by atoms with van der Waals surface area (Å²) >= 11 is 0. The number of aromatic nitrogens is 2. The molecular formula is C24H34N4O5S. The minimum atomic E-state index is -2.95. The minimum absolute atomic E-state index is 0.0152. The molecule has 1 aromatic rings. The van der Waals surface area contributed by atoms with E-state index in [-0.39, 0.29) is 35.6 Å². The van der Waals surface area contributed by atoms with Crippen LogP contribution in [-0.2, 0) is 9.84 Å². The van der Waals surface area contributed by atoms with E-state index in [1.54, 1.807) is 0 Å². The molecule has 2 atom stereocenters. The number of nitrogens with one attached hydrogen (secondary N) is 2. The summed E-state index contributed by atoms with van der Waals surface area (Å²) in [7, 11) is -2.95. The number of anilines is 1. The van der Waals surface area contributed by atoms with E-state index in [0.717, 1.165) is 51.4 Å². The quantitative estimate of drug-likeness (QED) is 0.552. The van der Waals surface area contributed by atoms with Crippen LogP contribution in [0.3, 0.4) is 0 Å². The normalized spacial score (nSPS) is 36.6. The molecule has 6 fully saturated rings. The van der Waals surface area contributed by atoms with Gasteiger partial charge >= 0.3 is 0 Å². The molecule has 1 aliphatic heterocycles. The molecule has 1 amide bonds. The number of rotatable bonds is 6. The van der Waals surface area contributed by atoms with E-state index in [0.29, 0.717) is 48.0 Å². The molecule has 2 heterocycles. The highest BCUT2D eigenvalue weighted by Crippen LogP contribution is 2.55. The van der Waals surface area contributed by atoms with Gasteiger partial charge in [0.25, 0.3) is 5.91 Å². The smallest absolute Gasteiger partial charge is 0.258 e. The van der Waals surface area contributed by atoms with E-state index in [1.165, 1.54) is 6.20 Å². The largest absolute Gasteiger partial charge is 0.474 e. The van der Waals surface area contributed by atoms with Crippen LogP contribution in [0.5, 0.6) is 5.88 Å². The fourth-order valence-corrected chi connectivity index (χ4v) is 8.48. The summed E-state index contributed by atoms with van der Waals surface area (Å²) in [5.41, 5.74) is -0.193. The van der Waals surface area contributed by atoms with Gasteiger partial charge in [-0.05, 0) is 82.0 Å². The Labute approximate surface area is 200 Å². The van der Waals surface area contributed by atoms with Crippen LogP contribution in [0.25, 0.3) is 0 Å². The molecule has 10 heteroatoms. The number of carbonyl (C=O) groups is 1. The van der Waals surface area contributed by atoms with Gasteiger partial charge in [0, 0.05) is 18.3 Å². The van der Waals surface area contributed by atoms with Crippen LogP contribution in [0, 0.1) is 17.8 Å². The van der Waals surface area contributed by atoms with Crippen molar-refractivity contribution in [2.45, 2.75) is 88.0 Å². The summed E-state index contributed by atoms with van der Waals surface area (Å²) in [5.74, 6) is 2.00. The molecule has 1 saturated heterocycles. The summed E-state index contributed by atoms with van der Waals surface area (Å²) in [6.45, 7) is 0. The maximum Gasteiger partial charge on any atom is 0.258 e. The summed E-state index contributed by atoms with van der Waals surface area (Å²) in [4.78, 5) is 22.3. The molecule has 2 unspecified atom stereocenters. The number of aliphatic hydroxyl groups is 1. The van der Waals surface area contributed by atoms with Gasteiger partial charge in [0.05, 0.1) is 17.1 Å². The predicted octanol–water partition coefficient (Wildman–Crippen LogP) is 2.07. The zero-order valence-corrected chi connectivity index (χ0v) is 20.2.